The lowest BCUT2D eigenvalue weighted by Gasteiger charge is -2.17. The number of methoxy groups -OCH3 is 1. The minimum absolute atomic E-state index is 0.0578. The highest BCUT2D eigenvalue weighted by molar-refractivity contribution is 5.99. The highest BCUT2D eigenvalue weighted by Crippen LogP contribution is 2.20. The standard InChI is InChI=1S/C28H24N2O8/c1-36-23-9-5-8-20(14-23)28(35)38-22-12-10-18(11-13-22)24(31)17-37-27(34)21-15-25(32)30(16-21)29-26(33)19-6-3-2-4-7-19/h2-14,21H,15-17H2,1H3,(H,29,33)/t21-/m1/s1. The maximum Gasteiger partial charge on any atom is 0.343 e. The van der Waals surface area contributed by atoms with Crippen molar-refractivity contribution in [2.75, 3.05) is 20.3 Å². The maximum atomic E-state index is 12.5. The molecule has 0 bridgehead atoms. The van der Waals surface area contributed by atoms with Gasteiger partial charge in [0.05, 0.1) is 25.1 Å². The van der Waals surface area contributed by atoms with Crippen molar-refractivity contribution in [2.45, 2.75) is 6.42 Å². The Labute approximate surface area is 218 Å². The summed E-state index contributed by atoms with van der Waals surface area (Å²) in [5, 5.41) is 1.08. The van der Waals surface area contributed by atoms with Crippen LogP contribution in [0.3, 0.4) is 0 Å². The molecule has 1 heterocycles. The molecule has 1 aliphatic rings. The van der Waals surface area contributed by atoms with E-state index in [1.165, 1.54) is 31.4 Å². The van der Waals surface area contributed by atoms with E-state index < -0.39 is 42.1 Å². The van der Waals surface area contributed by atoms with Crippen molar-refractivity contribution >= 4 is 29.5 Å². The number of benzene rings is 3. The minimum atomic E-state index is -0.815. The summed E-state index contributed by atoms with van der Waals surface area (Å²) in [5.41, 5.74) is 3.41. The largest absolute Gasteiger partial charge is 0.497 e. The molecule has 194 valence electrons. The van der Waals surface area contributed by atoms with Crippen LogP contribution in [0.5, 0.6) is 11.5 Å². The summed E-state index contributed by atoms with van der Waals surface area (Å²) in [4.78, 5) is 61.8. The average molecular weight is 517 g/mol. The quantitative estimate of drug-likeness (QED) is 0.261. The molecule has 0 aliphatic carbocycles. The molecular formula is C28H24N2O8. The Bertz CT molecular complexity index is 1350. The third kappa shape index (κ3) is 6.41. The Morgan fingerprint density at radius 2 is 1.58 bits per heavy atom. The molecule has 1 aliphatic heterocycles. The van der Waals surface area contributed by atoms with Crippen LogP contribution >= 0.6 is 0 Å². The van der Waals surface area contributed by atoms with Gasteiger partial charge >= 0.3 is 11.9 Å². The number of hydrogen-bond donors (Lipinski definition) is 1. The predicted octanol–water partition coefficient (Wildman–Crippen LogP) is 2.83. The molecule has 0 radical (unpaired) electrons. The molecule has 10 heteroatoms. The number of nitrogens with zero attached hydrogens (tertiary/aromatic N) is 1. The van der Waals surface area contributed by atoms with E-state index in [-0.39, 0.29) is 24.3 Å². The summed E-state index contributed by atoms with van der Waals surface area (Å²) in [6.45, 7) is -0.583. The number of hydrazine groups is 1. The summed E-state index contributed by atoms with van der Waals surface area (Å²) in [6, 6.07) is 20.7. The van der Waals surface area contributed by atoms with E-state index in [9.17, 15) is 24.0 Å². The first-order chi connectivity index (χ1) is 18.3. The highest BCUT2D eigenvalue weighted by atomic mass is 16.5. The van der Waals surface area contributed by atoms with E-state index in [0.717, 1.165) is 5.01 Å². The number of ketones is 1. The monoisotopic (exact) mass is 516 g/mol. The number of Topliss-reactive ketones (excluding diaryl/α,β-unsaturated/α-hetero) is 1. The van der Waals surface area contributed by atoms with Gasteiger partial charge in [0.15, 0.2) is 12.4 Å². The van der Waals surface area contributed by atoms with Crippen molar-refractivity contribution in [3.05, 3.63) is 95.6 Å². The normalized spacial score (nSPS) is 14.5. The van der Waals surface area contributed by atoms with Crippen molar-refractivity contribution in [1.29, 1.82) is 0 Å². The van der Waals surface area contributed by atoms with Crippen molar-refractivity contribution in [1.82, 2.24) is 10.4 Å². The van der Waals surface area contributed by atoms with Gasteiger partial charge in [0.25, 0.3) is 5.91 Å². The Kier molecular flexibility index (Phi) is 8.12. The number of rotatable bonds is 9. The van der Waals surface area contributed by atoms with Gasteiger partial charge in [-0.15, -0.1) is 0 Å². The number of carbonyl (C=O) groups excluding carboxylic acids is 5. The average Bonchev–Trinajstić information content (AvgIpc) is 3.32. The minimum Gasteiger partial charge on any atom is -0.497 e. The van der Waals surface area contributed by atoms with Gasteiger partial charge in [0.1, 0.15) is 11.5 Å². The maximum absolute atomic E-state index is 12.5. The molecule has 1 fully saturated rings. The van der Waals surface area contributed by atoms with E-state index in [1.807, 2.05) is 0 Å². The van der Waals surface area contributed by atoms with Gasteiger partial charge < -0.3 is 14.2 Å². The smallest absolute Gasteiger partial charge is 0.343 e. The fourth-order valence-electron chi connectivity index (χ4n) is 3.71. The molecule has 1 atom stereocenters. The predicted molar refractivity (Wildman–Crippen MR) is 133 cm³/mol. The number of hydrogen-bond acceptors (Lipinski definition) is 8. The summed E-state index contributed by atoms with van der Waals surface area (Å²) >= 11 is 0. The molecule has 0 unspecified atom stereocenters. The first kappa shape index (κ1) is 26.1. The molecule has 2 amide bonds. The van der Waals surface area contributed by atoms with Crippen LogP contribution in [0.4, 0.5) is 0 Å². The van der Waals surface area contributed by atoms with Crippen LogP contribution in [0.25, 0.3) is 0 Å². The van der Waals surface area contributed by atoms with Crippen LogP contribution in [-0.2, 0) is 14.3 Å². The molecule has 38 heavy (non-hydrogen) atoms. The van der Waals surface area contributed by atoms with E-state index in [1.54, 1.807) is 54.6 Å². The molecule has 0 spiro atoms. The Morgan fingerprint density at radius 3 is 2.29 bits per heavy atom. The van der Waals surface area contributed by atoms with Gasteiger partial charge in [0.2, 0.25) is 5.91 Å². The third-order valence-electron chi connectivity index (χ3n) is 5.77. The second kappa shape index (κ2) is 11.8. The molecule has 1 saturated heterocycles. The van der Waals surface area contributed by atoms with E-state index in [4.69, 9.17) is 14.2 Å². The number of amides is 2. The topological polar surface area (TPSA) is 128 Å². The molecule has 3 aromatic rings. The fraction of sp³-hybridized carbons (Fsp3) is 0.179. The van der Waals surface area contributed by atoms with Crippen LogP contribution in [0.15, 0.2) is 78.9 Å². The highest BCUT2D eigenvalue weighted by Gasteiger charge is 2.36. The van der Waals surface area contributed by atoms with Crippen molar-refractivity contribution < 1.29 is 38.2 Å². The van der Waals surface area contributed by atoms with Gasteiger partial charge in [-0.2, -0.15) is 0 Å². The van der Waals surface area contributed by atoms with E-state index >= 15 is 0 Å². The van der Waals surface area contributed by atoms with Crippen LogP contribution in [-0.4, -0.2) is 54.8 Å². The number of carbonyl (C=O) groups is 5. The van der Waals surface area contributed by atoms with Gasteiger partial charge in [-0.3, -0.25) is 29.6 Å². The van der Waals surface area contributed by atoms with E-state index in [0.29, 0.717) is 16.9 Å². The molecule has 4 rings (SSSR count). The Balaban J connectivity index is 1.25. The second-order valence-corrected chi connectivity index (χ2v) is 8.39. The molecule has 0 saturated carbocycles. The van der Waals surface area contributed by atoms with Crippen LogP contribution in [0, 0.1) is 5.92 Å². The van der Waals surface area contributed by atoms with Crippen molar-refractivity contribution in [3.63, 3.8) is 0 Å². The van der Waals surface area contributed by atoms with Crippen LogP contribution in [0.2, 0.25) is 0 Å². The summed E-state index contributed by atoms with van der Waals surface area (Å²) < 4.78 is 15.5. The van der Waals surface area contributed by atoms with Gasteiger partial charge in [-0.05, 0) is 54.6 Å². The number of esters is 2. The fourth-order valence-corrected chi connectivity index (χ4v) is 3.71. The first-order valence-electron chi connectivity index (χ1n) is 11.7. The molecule has 3 aromatic carbocycles. The summed E-state index contributed by atoms with van der Waals surface area (Å²) in [6.07, 6.45) is -0.143. The van der Waals surface area contributed by atoms with Crippen LogP contribution < -0.4 is 14.9 Å². The van der Waals surface area contributed by atoms with E-state index in [2.05, 4.69) is 5.43 Å². The van der Waals surface area contributed by atoms with Gasteiger partial charge in [-0.1, -0.05) is 24.3 Å². The lowest BCUT2D eigenvalue weighted by Crippen LogP contribution is -2.43. The summed E-state index contributed by atoms with van der Waals surface area (Å²) in [7, 11) is 1.49. The zero-order valence-electron chi connectivity index (χ0n) is 20.4. The third-order valence-corrected chi connectivity index (χ3v) is 5.77. The zero-order chi connectivity index (χ0) is 27.1. The van der Waals surface area contributed by atoms with Crippen molar-refractivity contribution in [2.24, 2.45) is 5.92 Å². The molecule has 1 N–H and O–H groups in total. The number of nitrogens with one attached hydrogen (secondary N) is 1. The molecule has 10 nitrogen and oxygen atoms in total. The van der Waals surface area contributed by atoms with Gasteiger partial charge in [-0.25, -0.2) is 4.79 Å². The van der Waals surface area contributed by atoms with Crippen LogP contribution in [0.1, 0.15) is 37.5 Å². The van der Waals surface area contributed by atoms with Gasteiger partial charge in [0, 0.05) is 17.5 Å². The Morgan fingerprint density at radius 1 is 0.868 bits per heavy atom. The van der Waals surface area contributed by atoms with Crippen molar-refractivity contribution in [3.8, 4) is 11.5 Å². The second-order valence-electron chi connectivity index (χ2n) is 8.39. The molecule has 0 aromatic heterocycles. The zero-order valence-corrected chi connectivity index (χ0v) is 20.4. The number of ether oxygens (including phenoxy) is 3. The molecular weight excluding hydrogens is 492 g/mol. The lowest BCUT2D eigenvalue weighted by atomic mass is 10.1. The lowest BCUT2D eigenvalue weighted by molar-refractivity contribution is -0.147. The summed E-state index contributed by atoms with van der Waals surface area (Å²) in [5.74, 6) is -2.74. The Hall–Kier alpha value is -4.99. The first-order valence-corrected chi connectivity index (χ1v) is 11.7. The SMILES string of the molecule is COc1cccc(C(=O)Oc2ccc(C(=O)COC(=O)[C@@H]3CC(=O)N(NC(=O)c4ccccc4)C3)cc2)c1.